The number of amides is 1. The summed E-state index contributed by atoms with van der Waals surface area (Å²) in [6, 6.07) is 9.37. The van der Waals surface area contributed by atoms with Crippen LogP contribution in [0.1, 0.15) is 21.5 Å². The molecule has 2 aromatic rings. The lowest BCUT2D eigenvalue weighted by molar-refractivity contribution is -0.137. The smallest absolute Gasteiger partial charge is 0.416 e. The van der Waals surface area contributed by atoms with E-state index in [1.807, 2.05) is 4.90 Å². The number of benzene rings is 2. The summed E-state index contributed by atoms with van der Waals surface area (Å²) in [5.41, 5.74) is -0.143. The fourth-order valence-electron chi connectivity index (χ4n) is 3.25. The predicted molar refractivity (Wildman–Crippen MR) is 103 cm³/mol. The van der Waals surface area contributed by atoms with Gasteiger partial charge in [0.15, 0.2) is 0 Å². The molecule has 1 aliphatic rings. The molecular weight excluding hydrogens is 475 g/mol. The molecule has 10 heteroatoms. The molecule has 0 aliphatic carbocycles. The van der Waals surface area contributed by atoms with Crippen LogP contribution in [0.2, 0.25) is 0 Å². The first kappa shape index (κ1) is 22.5. The highest BCUT2D eigenvalue weighted by Crippen LogP contribution is 2.30. The van der Waals surface area contributed by atoms with Crippen LogP contribution in [0, 0.1) is 0 Å². The Hall–Kier alpha value is -2.20. The van der Waals surface area contributed by atoms with Crippen molar-refractivity contribution in [1.29, 1.82) is 0 Å². The third-order valence-electron chi connectivity index (χ3n) is 4.71. The SMILES string of the molecule is O=C(c1cc(Br)ccc1OC(F)F)N1CCN(Cc2cccc(C(F)(F)F)c2)CC1. The molecule has 1 fully saturated rings. The van der Waals surface area contributed by atoms with Gasteiger partial charge in [-0.15, -0.1) is 0 Å². The van der Waals surface area contributed by atoms with Crippen LogP contribution in [0.25, 0.3) is 0 Å². The van der Waals surface area contributed by atoms with Crippen LogP contribution in [-0.2, 0) is 12.7 Å². The van der Waals surface area contributed by atoms with E-state index in [2.05, 4.69) is 20.7 Å². The first-order chi connectivity index (χ1) is 14.1. The molecule has 1 heterocycles. The summed E-state index contributed by atoms with van der Waals surface area (Å²) in [5.74, 6) is -0.643. The van der Waals surface area contributed by atoms with Gasteiger partial charge in [-0.05, 0) is 29.8 Å². The van der Waals surface area contributed by atoms with E-state index in [-0.39, 0.29) is 11.3 Å². The van der Waals surface area contributed by atoms with Crippen molar-refractivity contribution in [3.8, 4) is 5.75 Å². The number of carbonyl (C=O) groups is 1. The van der Waals surface area contributed by atoms with Gasteiger partial charge in [0, 0.05) is 37.2 Å². The fourth-order valence-corrected chi connectivity index (χ4v) is 3.61. The zero-order chi connectivity index (χ0) is 21.9. The summed E-state index contributed by atoms with van der Waals surface area (Å²) in [6.45, 7) is -1.20. The molecule has 4 nitrogen and oxygen atoms in total. The minimum Gasteiger partial charge on any atom is -0.434 e. The lowest BCUT2D eigenvalue weighted by Gasteiger charge is -2.35. The van der Waals surface area contributed by atoms with E-state index in [1.54, 1.807) is 6.07 Å². The average molecular weight is 493 g/mol. The second-order valence-corrected chi connectivity index (χ2v) is 7.70. The molecule has 0 spiro atoms. The summed E-state index contributed by atoms with van der Waals surface area (Å²) < 4.78 is 68.9. The monoisotopic (exact) mass is 492 g/mol. The third kappa shape index (κ3) is 5.69. The summed E-state index contributed by atoms with van der Waals surface area (Å²) >= 11 is 3.22. The van der Waals surface area contributed by atoms with E-state index in [4.69, 9.17) is 0 Å². The van der Waals surface area contributed by atoms with Gasteiger partial charge in [-0.3, -0.25) is 9.69 Å². The maximum atomic E-state index is 12.9. The van der Waals surface area contributed by atoms with Crippen molar-refractivity contribution in [2.75, 3.05) is 26.2 Å². The minimum absolute atomic E-state index is 0.0241. The van der Waals surface area contributed by atoms with Crippen molar-refractivity contribution in [2.24, 2.45) is 0 Å². The van der Waals surface area contributed by atoms with Crippen LogP contribution in [0.4, 0.5) is 22.0 Å². The van der Waals surface area contributed by atoms with E-state index in [1.165, 1.54) is 29.2 Å². The van der Waals surface area contributed by atoms with Gasteiger partial charge in [-0.1, -0.05) is 34.1 Å². The van der Waals surface area contributed by atoms with Crippen LogP contribution in [0.3, 0.4) is 0 Å². The molecule has 0 N–H and O–H groups in total. The van der Waals surface area contributed by atoms with Gasteiger partial charge in [0.05, 0.1) is 11.1 Å². The Labute approximate surface area is 178 Å². The molecule has 0 bridgehead atoms. The first-order valence-electron chi connectivity index (χ1n) is 9.05. The predicted octanol–water partition coefficient (Wildman–Crippen LogP) is 5.03. The molecule has 1 saturated heterocycles. The Morgan fingerprint density at radius 1 is 1.07 bits per heavy atom. The molecule has 0 atom stereocenters. The molecule has 0 saturated carbocycles. The maximum Gasteiger partial charge on any atom is 0.416 e. The molecule has 0 aromatic heterocycles. The molecule has 30 heavy (non-hydrogen) atoms. The van der Waals surface area contributed by atoms with E-state index in [9.17, 15) is 26.7 Å². The molecule has 1 amide bonds. The van der Waals surface area contributed by atoms with E-state index in [0.717, 1.165) is 12.1 Å². The van der Waals surface area contributed by atoms with E-state index >= 15 is 0 Å². The number of nitrogens with zero attached hydrogens (tertiary/aromatic N) is 2. The first-order valence-corrected chi connectivity index (χ1v) is 9.85. The normalized spacial score (nSPS) is 15.5. The summed E-state index contributed by atoms with van der Waals surface area (Å²) in [6.07, 6.45) is -4.40. The molecule has 0 radical (unpaired) electrons. The number of rotatable bonds is 5. The van der Waals surface area contributed by atoms with Gasteiger partial charge in [-0.2, -0.15) is 22.0 Å². The van der Waals surface area contributed by atoms with Gasteiger partial charge in [0.1, 0.15) is 5.75 Å². The Kier molecular flexibility index (Phi) is 6.97. The van der Waals surface area contributed by atoms with Crippen molar-refractivity contribution < 1.29 is 31.5 Å². The third-order valence-corrected chi connectivity index (χ3v) is 5.20. The number of carbonyl (C=O) groups excluding carboxylic acids is 1. The maximum absolute atomic E-state index is 12.9. The lowest BCUT2D eigenvalue weighted by atomic mass is 10.1. The summed E-state index contributed by atoms with van der Waals surface area (Å²) in [4.78, 5) is 16.3. The Morgan fingerprint density at radius 2 is 1.77 bits per heavy atom. The number of piperazine rings is 1. The van der Waals surface area contributed by atoms with Crippen molar-refractivity contribution in [1.82, 2.24) is 9.80 Å². The highest BCUT2D eigenvalue weighted by atomic mass is 79.9. The van der Waals surface area contributed by atoms with Gasteiger partial charge in [-0.25, -0.2) is 0 Å². The summed E-state index contributed by atoms with van der Waals surface area (Å²) in [7, 11) is 0. The zero-order valence-electron chi connectivity index (χ0n) is 15.6. The lowest BCUT2D eigenvalue weighted by Crippen LogP contribution is -2.48. The fraction of sp³-hybridized carbons (Fsp3) is 0.350. The van der Waals surface area contributed by atoms with Crippen LogP contribution in [0.15, 0.2) is 46.9 Å². The summed E-state index contributed by atoms with van der Waals surface area (Å²) in [5, 5.41) is 0. The van der Waals surface area contributed by atoms with Gasteiger partial charge in [0.25, 0.3) is 5.91 Å². The van der Waals surface area contributed by atoms with Crippen LogP contribution >= 0.6 is 15.9 Å². The van der Waals surface area contributed by atoms with Crippen molar-refractivity contribution in [3.63, 3.8) is 0 Å². The molecule has 162 valence electrons. The quantitative estimate of drug-likeness (QED) is 0.549. The van der Waals surface area contributed by atoms with Crippen LogP contribution in [-0.4, -0.2) is 48.5 Å². The molecule has 0 unspecified atom stereocenters. The van der Waals surface area contributed by atoms with Gasteiger partial charge < -0.3 is 9.64 Å². The van der Waals surface area contributed by atoms with Gasteiger partial charge in [0.2, 0.25) is 0 Å². The number of alkyl halides is 5. The average Bonchev–Trinajstić information content (AvgIpc) is 2.69. The Bertz CT molecular complexity index is 899. The van der Waals surface area contributed by atoms with Crippen molar-refractivity contribution in [3.05, 3.63) is 63.6 Å². The molecule has 2 aromatic carbocycles. The van der Waals surface area contributed by atoms with Crippen molar-refractivity contribution >= 4 is 21.8 Å². The molecule has 1 aliphatic heterocycles. The molecule has 3 rings (SSSR count). The van der Waals surface area contributed by atoms with Crippen molar-refractivity contribution in [2.45, 2.75) is 19.3 Å². The largest absolute Gasteiger partial charge is 0.434 e. The second-order valence-electron chi connectivity index (χ2n) is 6.79. The topological polar surface area (TPSA) is 32.8 Å². The van der Waals surface area contributed by atoms with Gasteiger partial charge >= 0.3 is 12.8 Å². The Morgan fingerprint density at radius 3 is 2.40 bits per heavy atom. The van der Waals surface area contributed by atoms with E-state index in [0.29, 0.717) is 42.8 Å². The highest BCUT2D eigenvalue weighted by Gasteiger charge is 2.31. The highest BCUT2D eigenvalue weighted by molar-refractivity contribution is 9.10. The number of halogens is 6. The minimum atomic E-state index is -4.40. The second kappa shape index (κ2) is 9.30. The number of ether oxygens (including phenoxy) is 1. The van der Waals surface area contributed by atoms with Crippen LogP contribution in [0.5, 0.6) is 5.75 Å². The zero-order valence-corrected chi connectivity index (χ0v) is 17.2. The van der Waals surface area contributed by atoms with Crippen LogP contribution < -0.4 is 4.74 Å². The number of hydrogen-bond donors (Lipinski definition) is 0. The number of hydrogen-bond acceptors (Lipinski definition) is 3. The Balaban J connectivity index is 1.64. The van der Waals surface area contributed by atoms with E-state index < -0.39 is 24.3 Å². The molecular formula is C20H18BrF5N2O2. The standard InChI is InChI=1S/C20H18BrF5N2O2/c21-15-4-5-17(30-19(22)23)16(11-15)18(29)28-8-6-27(7-9-28)12-13-2-1-3-14(10-13)20(24,25)26/h1-5,10-11,19H,6-9,12H2.